The molecule has 7 heteroatoms. The van der Waals surface area contributed by atoms with Gasteiger partial charge in [0.25, 0.3) is 12.0 Å². The predicted molar refractivity (Wildman–Crippen MR) is 55.7 cm³/mol. The molecular weight excluding hydrogens is 288 g/mol. The Balaban J connectivity index is 3.32. The zero-order chi connectivity index (χ0) is 12.3. The summed E-state index contributed by atoms with van der Waals surface area (Å²) in [5.74, 6) is -0.932. The van der Waals surface area contributed by atoms with Crippen LogP contribution in [0.15, 0.2) is 15.5 Å². The van der Waals surface area contributed by atoms with Crippen LogP contribution in [0.4, 0.5) is 8.78 Å². The Labute approximate surface area is 97.7 Å². The first-order valence-corrected chi connectivity index (χ1v) is 5.14. The summed E-state index contributed by atoms with van der Waals surface area (Å²) in [7, 11) is 0. The van der Waals surface area contributed by atoms with Gasteiger partial charge in [-0.15, -0.1) is 0 Å². The monoisotopic (exact) mass is 295 g/mol. The Hall–Kier alpha value is -1.24. The van der Waals surface area contributed by atoms with Crippen LogP contribution in [-0.4, -0.2) is 17.6 Å². The normalized spacial score (nSPS) is 10.6. The molecule has 0 saturated carbocycles. The second-order valence-electron chi connectivity index (χ2n) is 2.78. The summed E-state index contributed by atoms with van der Waals surface area (Å²) in [4.78, 5) is 24.7. The van der Waals surface area contributed by atoms with E-state index >= 15 is 0 Å². The van der Waals surface area contributed by atoms with Crippen molar-refractivity contribution in [2.24, 2.45) is 0 Å². The van der Waals surface area contributed by atoms with Crippen LogP contribution in [0, 0.1) is 0 Å². The van der Waals surface area contributed by atoms with Crippen molar-refractivity contribution in [1.29, 1.82) is 0 Å². The van der Waals surface area contributed by atoms with Crippen molar-refractivity contribution in [3.05, 3.63) is 32.2 Å². The minimum Gasteiger partial charge on any atom is -0.462 e. The van der Waals surface area contributed by atoms with Crippen LogP contribution in [-0.2, 0) is 4.74 Å². The number of aromatic nitrogens is 1. The molecule has 0 radical (unpaired) electrons. The number of aromatic amines is 1. The number of pyridine rings is 1. The summed E-state index contributed by atoms with van der Waals surface area (Å²) in [6.45, 7) is 1.61. The van der Waals surface area contributed by atoms with E-state index in [1.165, 1.54) is 0 Å². The van der Waals surface area contributed by atoms with Gasteiger partial charge in [0.15, 0.2) is 0 Å². The summed E-state index contributed by atoms with van der Waals surface area (Å²) in [5, 5.41) is 0. The van der Waals surface area contributed by atoms with Gasteiger partial charge < -0.3 is 9.72 Å². The molecule has 0 aliphatic heterocycles. The summed E-state index contributed by atoms with van der Waals surface area (Å²) in [6.07, 6.45) is -1.93. The molecule has 0 aliphatic rings. The molecular formula is C9H8BrF2NO3. The van der Waals surface area contributed by atoms with Crippen molar-refractivity contribution >= 4 is 21.9 Å². The largest absolute Gasteiger partial charge is 0.462 e. The summed E-state index contributed by atoms with van der Waals surface area (Å²) in [5.41, 5.74) is -1.67. The third-order valence-corrected chi connectivity index (χ3v) is 2.63. The van der Waals surface area contributed by atoms with E-state index in [9.17, 15) is 18.4 Å². The van der Waals surface area contributed by atoms with Crippen LogP contribution in [0.25, 0.3) is 0 Å². The zero-order valence-electron chi connectivity index (χ0n) is 8.22. The molecule has 1 aromatic heterocycles. The first kappa shape index (κ1) is 12.8. The lowest BCUT2D eigenvalue weighted by Gasteiger charge is -2.07. The van der Waals surface area contributed by atoms with Crippen molar-refractivity contribution in [3.63, 3.8) is 0 Å². The second kappa shape index (κ2) is 5.20. The number of esters is 1. The van der Waals surface area contributed by atoms with Gasteiger partial charge in [0.05, 0.1) is 6.61 Å². The molecule has 0 atom stereocenters. The van der Waals surface area contributed by atoms with Crippen LogP contribution in [0.5, 0.6) is 0 Å². The summed E-state index contributed by atoms with van der Waals surface area (Å²) in [6, 6.07) is 0. The molecule has 1 N–H and O–H groups in total. The van der Waals surface area contributed by atoms with Gasteiger partial charge in [-0.1, -0.05) is 0 Å². The standard InChI is InChI=1S/C9H8BrF2NO3/c1-2-16-9(15)5-6(10)4(7(11)12)3-13-8(5)14/h3,7H,2H2,1H3,(H,13,14). The summed E-state index contributed by atoms with van der Waals surface area (Å²) >= 11 is 2.80. The molecule has 16 heavy (non-hydrogen) atoms. The lowest BCUT2D eigenvalue weighted by Crippen LogP contribution is -2.21. The number of ether oxygens (including phenoxy) is 1. The number of rotatable bonds is 3. The van der Waals surface area contributed by atoms with E-state index in [0.29, 0.717) is 0 Å². The maximum atomic E-state index is 12.5. The molecule has 0 bridgehead atoms. The maximum absolute atomic E-state index is 12.5. The van der Waals surface area contributed by atoms with Crippen LogP contribution >= 0.6 is 15.9 Å². The molecule has 0 amide bonds. The second-order valence-corrected chi connectivity index (χ2v) is 3.58. The molecule has 0 aromatic carbocycles. The third-order valence-electron chi connectivity index (χ3n) is 1.77. The lowest BCUT2D eigenvalue weighted by atomic mass is 10.2. The van der Waals surface area contributed by atoms with Crippen molar-refractivity contribution < 1.29 is 18.3 Å². The Morgan fingerprint density at radius 3 is 2.75 bits per heavy atom. The number of H-pyrrole nitrogens is 1. The number of nitrogens with one attached hydrogen (secondary N) is 1. The van der Waals surface area contributed by atoms with E-state index in [0.717, 1.165) is 6.20 Å². The Bertz CT molecular complexity index is 459. The van der Waals surface area contributed by atoms with Crippen LogP contribution in [0.2, 0.25) is 0 Å². The topological polar surface area (TPSA) is 59.2 Å². The minimum atomic E-state index is -2.79. The van der Waals surface area contributed by atoms with Gasteiger partial charge >= 0.3 is 5.97 Å². The van der Waals surface area contributed by atoms with Crippen molar-refractivity contribution in [2.75, 3.05) is 6.61 Å². The van der Waals surface area contributed by atoms with Gasteiger partial charge in [0.1, 0.15) is 5.56 Å². The number of halogens is 3. The number of hydrogen-bond acceptors (Lipinski definition) is 3. The van der Waals surface area contributed by atoms with Gasteiger partial charge in [-0.3, -0.25) is 4.79 Å². The fraction of sp³-hybridized carbons (Fsp3) is 0.333. The molecule has 0 spiro atoms. The molecule has 1 rings (SSSR count). The molecule has 4 nitrogen and oxygen atoms in total. The number of hydrogen-bond donors (Lipinski definition) is 1. The molecule has 0 aliphatic carbocycles. The Morgan fingerprint density at radius 2 is 2.25 bits per heavy atom. The molecule has 0 saturated heterocycles. The fourth-order valence-corrected chi connectivity index (χ4v) is 1.70. The van der Waals surface area contributed by atoms with E-state index in [-0.39, 0.29) is 11.1 Å². The average molecular weight is 296 g/mol. The van der Waals surface area contributed by atoms with Crippen molar-refractivity contribution in [1.82, 2.24) is 4.98 Å². The van der Waals surface area contributed by atoms with Crippen molar-refractivity contribution in [3.8, 4) is 0 Å². The molecule has 1 aromatic rings. The predicted octanol–water partition coefficient (Wildman–Crippen LogP) is 2.25. The highest BCUT2D eigenvalue weighted by atomic mass is 79.9. The van der Waals surface area contributed by atoms with Crippen molar-refractivity contribution in [2.45, 2.75) is 13.3 Å². The van der Waals surface area contributed by atoms with Gasteiger partial charge in [0.2, 0.25) is 0 Å². The highest BCUT2D eigenvalue weighted by Gasteiger charge is 2.22. The van der Waals surface area contributed by atoms with Crippen LogP contribution in [0.1, 0.15) is 29.3 Å². The smallest absolute Gasteiger partial charge is 0.344 e. The highest BCUT2D eigenvalue weighted by molar-refractivity contribution is 9.10. The van der Waals surface area contributed by atoms with E-state index in [1.807, 2.05) is 0 Å². The first-order valence-electron chi connectivity index (χ1n) is 4.35. The maximum Gasteiger partial charge on any atom is 0.344 e. The van der Waals surface area contributed by atoms with E-state index < -0.39 is 29.1 Å². The molecule has 1 heterocycles. The zero-order valence-corrected chi connectivity index (χ0v) is 9.81. The van der Waals surface area contributed by atoms with Gasteiger partial charge in [-0.2, -0.15) is 0 Å². The number of alkyl halides is 2. The van der Waals surface area contributed by atoms with Gasteiger partial charge in [-0.05, 0) is 22.9 Å². The van der Waals surface area contributed by atoms with Gasteiger partial charge in [0, 0.05) is 16.2 Å². The lowest BCUT2D eigenvalue weighted by molar-refractivity contribution is 0.0522. The van der Waals surface area contributed by atoms with E-state index in [2.05, 4.69) is 25.7 Å². The SMILES string of the molecule is CCOC(=O)c1c(Br)c(C(F)F)c[nH]c1=O. The fourth-order valence-electron chi connectivity index (χ4n) is 1.07. The highest BCUT2D eigenvalue weighted by Crippen LogP contribution is 2.27. The third kappa shape index (κ3) is 2.46. The Kier molecular flexibility index (Phi) is 4.17. The number of carbonyl (C=O) groups excluding carboxylic acids is 1. The van der Waals surface area contributed by atoms with E-state index in [1.54, 1.807) is 6.92 Å². The van der Waals surface area contributed by atoms with Crippen LogP contribution in [0.3, 0.4) is 0 Å². The molecule has 0 unspecified atom stereocenters. The summed E-state index contributed by atoms with van der Waals surface area (Å²) < 4.78 is 29.3. The average Bonchev–Trinajstić information content (AvgIpc) is 2.17. The van der Waals surface area contributed by atoms with Crippen LogP contribution < -0.4 is 5.56 Å². The minimum absolute atomic E-state index is 0.0591. The quantitative estimate of drug-likeness (QED) is 0.870. The van der Waals surface area contributed by atoms with E-state index in [4.69, 9.17) is 0 Å². The molecule has 88 valence electrons. The van der Waals surface area contributed by atoms with Gasteiger partial charge in [-0.25, -0.2) is 13.6 Å². The Morgan fingerprint density at radius 1 is 1.62 bits per heavy atom. The first-order chi connectivity index (χ1) is 7.49. The molecule has 0 fully saturated rings. The number of carbonyl (C=O) groups is 1.